The molecular formula is C10H10N2O3S. The molecule has 84 valence electrons. The highest BCUT2D eigenvalue weighted by molar-refractivity contribution is 7.91. The van der Waals surface area contributed by atoms with Gasteiger partial charge in [0.25, 0.3) is 0 Å². The number of aryl methyl sites for hydroxylation is 2. The molecule has 0 saturated carbocycles. The van der Waals surface area contributed by atoms with Crippen molar-refractivity contribution in [3.63, 3.8) is 0 Å². The first-order valence-electron chi connectivity index (χ1n) is 4.63. The fourth-order valence-electron chi connectivity index (χ4n) is 1.30. The van der Waals surface area contributed by atoms with Gasteiger partial charge in [-0.25, -0.2) is 13.0 Å². The lowest BCUT2D eigenvalue weighted by Crippen LogP contribution is -2.04. The lowest BCUT2D eigenvalue weighted by atomic mass is 10.2. The molecule has 5 nitrogen and oxygen atoms in total. The average Bonchev–Trinajstić information content (AvgIpc) is 2.66. The minimum absolute atomic E-state index is 0.128. The van der Waals surface area contributed by atoms with Crippen LogP contribution in [0.15, 0.2) is 38.8 Å². The van der Waals surface area contributed by atoms with E-state index < -0.39 is 9.84 Å². The van der Waals surface area contributed by atoms with E-state index in [1.54, 1.807) is 24.3 Å². The van der Waals surface area contributed by atoms with Crippen molar-refractivity contribution < 1.29 is 13.0 Å². The zero-order valence-corrected chi connectivity index (χ0v) is 9.65. The molecule has 0 atom stereocenters. The molecule has 0 spiro atoms. The molecule has 1 aromatic heterocycles. The van der Waals surface area contributed by atoms with Gasteiger partial charge < -0.3 is 0 Å². The summed E-state index contributed by atoms with van der Waals surface area (Å²) in [6.45, 7) is 3.43. The van der Waals surface area contributed by atoms with Crippen molar-refractivity contribution in [1.82, 2.24) is 10.3 Å². The fraction of sp³-hybridized carbons (Fsp3) is 0.200. The van der Waals surface area contributed by atoms with Gasteiger partial charge in [0, 0.05) is 0 Å². The van der Waals surface area contributed by atoms with E-state index in [2.05, 4.69) is 14.9 Å². The van der Waals surface area contributed by atoms with Crippen LogP contribution in [0.4, 0.5) is 0 Å². The van der Waals surface area contributed by atoms with Gasteiger partial charge in [-0.1, -0.05) is 22.9 Å². The largest absolute Gasteiger partial charge is 0.243 e. The van der Waals surface area contributed by atoms with Crippen LogP contribution < -0.4 is 0 Å². The molecule has 0 fully saturated rings. The van der Waals surface area contributed by atoms with Crippen LogP contribution >= 0.6 is 0 Å². The molecule has 0 amide bonds. The minimum atomic E-state index is -3.61. The first-order chi connectivity index (χ1) is 7.51. The van der Waals surface area contributed by atoms with E-state index in [-0.39, 0.29) is 15.6 Å². The van der Waals surface area contributed by atoms with Gasteiger partial charge in [-0.15, -0.1) is 0 Å². The Balaban J connectivity index is 2.56. The van der Waals surface area contributed by atoms with E-state index in [4.69, 9.17) is 0 Å². The number of aromatic nitrogens is 2. The second kappa shape index (κ2) is 3.71. The number of nitrogens with zero attached hydrogens (tertiary/aromatic N) is 2. The first-order valence-corrected chi connectivity index (χ1v) is 6.11. The Bertz CT molecular complexity index is 599. The van der Waals surface area contributed by atoms with E-state index >= 15 is 0 Å². The van der Waals surface area contributed by atoms with E-state index in [0.717, 1.165) is 5.56 Å². The summed E-state index contributed by atoms with van der Waals surface area (Å²) in [5.74, 6) is 0. The molecule has 1 aromatic carbocycles. The van der Waals surface area contributed by atoms with E-state index in [1.807, 2.05) is 6.92 Å². The van der Waals surface area contributed by atoms with Crippen LogP contribution in [0.3, 0.4) is 0 Å². The van der Waals surface area contributed by atoms with Crippen LogP contribution in [0, 0.1) is 13.8 Å². The molecule has 0 aliphatic rings. The van der Waals surface area contributed by atoms with Crippen LogP contribution in [0.2, 0.25) is 0 Å². The number of sulfone groups is 1. The predicted molar refractivity (Wildman–Crippen MR) is 55.7 cm³/mol. The fourth-order valence-corrected chi connectivity index (χ4v) is 2.57. The normalized spacial score (nSPS) is 11.6. The van der Waals surface area contributed by atoms with Gasteiger partial charge in [0.05, 0.1) is 4.90 Å². The van der Waals surface area contributed by atoms with Crippen molar-refractivity contribution >= 4 is 9.84 Å². The van der Waals surface area contributed by atoms with Gasteiger partial charge in [0.15, 0.2) is 0 Å². The highest BCUT2D eigenvalue weighted by Crippen LogP contribution is 2.20. The molecule has 2 rings (SSSR count). The first kappa shape index (κ1) is 10.8. The molecule has 0 bridgehead atoms. The molecule has 16 heavy (non-hydrogen) atoms. The standard InChI is InChI=1S/C10H10N2O3S/c1-7-3-5-9(6-4-7)16(13,14)10-8(2)11-15-12-10/h3-6H,1-2H3. The quantitative estimate of drug-likeness (QED) is 0.793. The summed E-state index contributed by atoms with van der Waals surface area (Å²) in [4.78, 5) is 0.192. The Labute approximate surface area is 93.0 Å². The minimum Gasteiger partial charge on any atom is -0.243 e. The molecule has 1 heterocycles. The van der Waals surface area contributed by atoms with Crippen LogP contribution in [-0.2, 0) is 9.84 Å². The second-order valence-electron chi connectivity index (χ2n) is 3.47. The molecule has 0 aliphatic heterocycles. The number of benzene rings is 1. The third kappa shape index (κ3) is 1.71. The zero-order chi connectivity index (χ0) is 11.8. The predicted octanol–water partition coefficient (Wildman–Crippen LogP) is 1.52. The molecule has 6 heteroatoms. The smallest absolute Gasteiger partial charge is 0.229 e. The second-order valence-corrected chi connectivity index (χ2v) is 5.34. The summed E-state index contributed by atoms with van der Waals surface area (Å²) in [6, 6.07) is 6.54. The Kier molecular flexibility index (Phi) is 2.51. The lowest BCUT2D eigenvalue weighted by Gasteiger charge is -2.00. The highest BCUT2D eigenvalue weighted by Gasteiger charge is 2.24. The summed E-state index contributed by atoms with van der Waals surface area (Å²) in [6.07, 6.45) is 0. The van der Waals surface area contributed by atoms with Crippen molar-refractivity contribution in [1.29, 1.82) is 0 Å². The van der Waals surface area contributed by atoms with E-state index in [0.29, 0.717) is 0 Å². The Morgan fingerprint density at radius 1 is 1.06 bits per heavy atom. The summed E-state index contributed by atoms with van der Waals surface area (Å²) in [5, 5.41) is 6.74. The van der Waals surface area contributed by atoms with Gasteiger partial charge >= 0.3 is 0 Å². The zero-order valence-electron chi connectivity index (χ0n) is 8.84. The summed E-state index contributed by atoms with van der Waals surface area (Å²) < 4.78 is 28.5. The van der Waals surface area contributed by atoms with Crippen LogP contribution in [0.1, 0.15) is 11.3 Å². The Morgan fingerprint density at radius 2 is 1.69 bits per heavy atom. The third-order valence-electron chi connectivity index (χ3n) is 2.20. The van der Waals surface area contributed by atoms with E-state index in [1.165, 1.54) is 6.92 Å². The van der Waals surface area contributed by atoms with E-state index in [9.17, 15) is 8.42 Å². The maximum atomic E-state index is 12.1. The summed E-state index contributed by atoms with van der Waals surface area (Å²) in [7, 11) is -3.61. The molecule has 0 aliphatic carbocycles. The number of hydrogen-bond acceptors (Lipinski definition) is 5. The van der Waals surface area contributed by atoms with Crippen LogP contribution in [0.5, 0.6) is 0 Å². The van der Waals surface area contributed by atoms with Gasteiger partial charge in [-0.05, 0) is 31.1 Å². The van der Waals surface area contributed by atoms with Crippen molar-refractivity contribution in [3.05, 3.63) is 35.5 Å². The van der Waals surface area contributed by atoms with Gasteiger partial charge in [0.2, 0.25) is 14.9 Å². The average molecular weight is 238 g/mol. The van der Waals surface area contributed by atoms with Crippen molar-refractivity contribution in [2.45, 2.75) is 23.8 Å². The highest BCUT2D eigenvalue weighted by atomic mass is 32.2. The third-order valence-corrected chi connectivity index (χ3v) is 3.97. The Hall–Kier alpha value is -1.69. The molecule has 0 N–H and O–H groups in total. The molecule has 0 unspecified atom stereocenters. The van der Waals surface area contributed by atoms with Crippen molar-refractivity contribution in [2.24, 2.45) is 0 Å². The number of rotatable bonds is 2. The molecular weight excluding hydrogens is 228 g/mol. The maximum absolute atomic E-state index is 12.1. The Morgan fingerprint density at radius 3 is 2.19 bits per heavy atom. The lowest BCUT2D eigenvalue weighted by molar-refractivity contribution is 0.296. The van der Waals surface area contributed by atoms with Gasteiger partial charge in [-0.2, -0.15) is 0 Å². The van der Waals surface area contributed by atoms with Crippen LogP contribution in [-0.4, -0.2) is 18.7 Å². The summed E-state index contributed by atoms with van der Waals surface area (Å²) >= 11 is 0. The van der Waals surface area contributed by atoms with Crippen molar-refractivity contribution in [3.8, 4) is 0 Å². The summed E-state index contributed by atoms with van der Waals surface area (Å²) in [5.41, 5.74) is 1.26. The number of hydrogen-bond donors (Lipinski definition) is 0. The monoisotopic (exact) mass is 238 g/mol. The van der Waals surface area contributed by atoms with Gasteiger partial charge in [0.1, 0.15) is 5.69 Å². The maximum Gasteiger partial charge on any atom is 0.229 e. The van der Waals surface area contributed by atoms with Crippen molar-refractivity contribution in [2.75, 3.05) is 0 Å². The van der Waals surface area contributed by atoms with Gasteiger partial charge in [-0.3, -0.25) is 0 Å². The topological polar surface area (TPSA) is 73.1 Å². The van der Waals surface area contributed by atoms with Crippen LogP contribution in [0.25, 0.3) is 0 Å². The molecule has 2 aromatic rings. The molecule has 0 radical (unpaired) electrons. The SMILES string of the molecule is Cc1ccc(S(=O)(=O)c2nonc2C)cc1. The molecule has 0 saturated heterocycles.